The van der Waals surface area contributed by atoms with Crippen LogP contribution in [0.2, 0.25) is 0 Å². The Morgan fingerprint density at radius 1 is 1.45 bits per heavy atom. The standard InChI is InChI=1S/C10H9N/c1-8-4-5-10(8)9-3-2-6-11-7-9/h2-7,10H,1H2. The molecule has 0 amide bonds. The van der Waals surface area contributed by atoms with Crippen molar-refractivity contribution in [2.24, 2.45) is 0 Å². The second-order valence-electron chi connectivity index (χ2n) is 2.70. The maximum atomic E-state index is 4.05. The van der Waals surface area contributed by atoms with Crippen LogP contribution in [0.25, 0.3) is 0 Å². The summed E-state index contributed by atoms with van der Waals surface area (Å²) >= 11 is 0. The molecule has 0 aliphatic heterocycles. The molecule has 1 aromatic rings. The van der Waals surface area contributed by atoms with Gasteiger partial charge in [-0.05, 0) is 17.2 Å². The Morgan fingerprint density at radius 2 is 2.36 bits per heavy atom. The molecule has 1 atom stereocenters. The topological polar surface area (TPSA) is 12.9 Å². The summed E-state index contributed by atoms with van der Waals surface area (Å²) in [6.45, 7) is 3.90. The van der Waals surface area contributed by atoms with Gasteiger partial charge in [-0.2, -0.15) is 0 Å². The Labute approximate surface area is 66.1 Å². The third-order valence-electron chi connectivity index (χ3n) is 1.95. The van der Waals surface area contributed by atoms with E-state index in [2.05, 4.69) is 23.7 Å². The third kappa shape index (κ3) is 0.984. The Kier molecular flexibility index (Phi) is 1.35. The first-order valence-corrected chi connectivity index (χ1v) is 3.65. The molecule has 0 fully saturated rings. The Balaban J connectivity index is 2.32. The summed E-state index contributed by atoms with van der Waals surface area (Å²) < 4.78 is 0. The molecule has 1 nitrogen and oxygen atoms in total. The minimum Gasteiger partial charge on any atom is -0.264 e. The van der Waals surface area contributed by atoms with Gasteiger partial charge in [-0.25, -0.2) is 0 Å². The number of hydrogen-bond acceptors (Lipinski definition) is 1. The van der Waals surface area contributed by atoms with Gasteiger partial charge >= 0.3 is 0 Å². The Hall–Kier alpha value is -1.37. The lowest BCUT2D eigenvalue weighted by molar-refractivity contribution is 0.958. The van der Waals surface area contributed by atoms with Crippen molar-refractivity contribution in [1.29, 1.82) is 0 Å². The SMILES string of the molecule is C=C1C=CC1c1cccnc1. The average Bonchev–Trinajstić information content (AvgIpc) is 2.04. The summed E-state index contributed by atoms with van der Waals surface area (Å²) in [6, 6.07) is 4.03. The van der Waals surface area contributed by atoms with Crippen molar-refractivity contribution in [3.05, 3.63) is 54.4 Å². The Bertz CT molecular complexity index is 298. The van der Waals surface area contributed by atoms with Crippen LogP contribution < -0.4 is 0 Å². The van der Waals surface area contributed by atoms with Crippen LogP contribution in [0.5, 0.6) is 0 Å². The summed E-state index contributed by atoms with van der Waals surface area (Å²) in [7, 11) is 0. The molecule has 0 radical (unpaired) electrons. The number of pyridine rings is 1. The van der Waals surface area contributed by atoms with Crippen molar-refractivity contribution >= 4 is 0 Å². The maximum Gasteiger partial charge on any atom is 0.0309 e. The minimum absolute atomic E-state index is 0.420. The quantitative estimate of drug-likeness (QED) is 0.587. The number of nitrogens with zero attached hydrogens (tertiary/aromatic N) is 1. The first-order chi connectivity index (χ1) is 5.38. The van der Waals surface area contributed by atoms with E-state index in [1.165, 1.54) is 11.1 Å². The molecule has 0 spiro atoms. The highest BCUT2D eigenvalue weighted by Gasteiger charge is 2.16. The molecule has 2 rings (SSSR count). The molecule has 54 valence electrons. The van der Waals surface area contributed by atoms with Crippen molar-refractivity contribution in [3.8, 4) is 0 Å². The molecule has 0 aromatic carbocycles. The fourth-order valence-electron chi connectivity index (χ4n) is 1.21. The fourth-order valence-corrected chi connectivity index (χ4v) is 1.21. The summed E-state index contributed by atoms with van der Waals surface area (Å²) in [6.07, 6.45) is 7.85. The van der Waals surface area contributed by atoms with Crippen LogP contribution in [0.4, 0.5) is 0 Å². The first kappa shape index (κ1) is 6.35. The molecule has 0 saturated heterocycles. The molecule has 0 N–H and O–H groups in total. The van der Waals surface area contributed by atoms with Crippen LogP contribution in [0, 0.1) is 0 Å². The third-order valence-corrected chi connectivity index (χ3v) is 1.95. The van der Waals surface area contributed by atoms with Crippen molar-refractivity contribution in [3.63, 3.8) is 0 Å². The lowest BCUT2D eigenvalue weighted by atomic mass is 9.85. The van der Waals surface area contributed by atoms with Gasteiger partial charge in [0.25, 0.3) is 0 Å². The zero-order valence-electron chi connectivity index (χ0n) is 6.20. The van der Waals surface area contributed by atoms with E-state index in [9.17, 15) is 0 Å². The molecule has 1 heteroatoms. The predicted molar refractivity (Wildman–Crippen MR) is 45.3 cm³/mol. The molecule has 1 aliphatic rings. The average molecular weight is 143 g/mol. The smallest absolute Gasteiger partial charge is 0.0309 e. The lowest BCUT2D eigenvalue weighted by Gasteiger charge is -2.20. The second kappa shape index (κ2) is 2.35. The number of allylic oxidation sites excluding steroid dienone is 3. The molecule has 0 bridgehead atoms. The van der Waals surface area contributed by atoms with Gasteiger partial charge in [0.15, 0.2) is 0 Å². The van der Waals surface area contributed by atoms with Crippen LogP contribution >= 0.6 is 0 Å². The monoisotopic (exact) mass is 143 g/mol. The number of aromatic nitrogens is 1. The van der Waals surface area contributed by atoms with Crippen molar-refractivity contribution in [2.45, 2.75) is 5.92 Å². The zero-order valence-corrected chi connectivity index (χ0v) is 6.20. The summed E-state index contributed by atoms with van der Waals surface area (Å²) in [5, 5.41) is 0. The molecule has 1 unspecified atom stereocenters. The van der Waals surface area contributed by atoms with Gasteiger partial charge in [0.2, 0.25) is 0 Å². The van der Waals surface area contributed by atoms with Gasteiger partial charge in [0.05, 0.1) is 0 Å². The van der Waals surface area contributed by atoms with Gasteiger partial charge in [0.1, 0.15) is 0 Å². The van der Waals surface area contributed by atoms with Crippen molar-refractivity contribution in [2.75, 3.05) is 0 Å². The van der Waals surface area contributed by atoms with Gasteiger partial charge in [-0.1, -0.05) is 24.8 Å². The molecular formula is C10H9N. The van der Waals surface area contributed by atoms with E-state index in [0.29, 0.717) is 5.92 Å². The van der Waals surface area contributed by atoms with E-state index in [1.807, 2.05) is 18.3 Å². The van der Waals surface area contributed by atoms with E-state index < -0.39 is 0 Å². The zero-order chi connectivity index (χ0) is 7.68. The largest absolute Gasteiger partial charge is 0.264 e. The van der Waals surface area contributed by atoms with Crippen LogP contribution in [-0.2, 0) is 0 Å². The van der Waals surface area contributed by atoms with Gasteiger partial charge in [-0.3, -0.25) is 4.98 Å². The van der Waals surface area contributed by atoms with E-state index in [0.717, 1.165) is 0 Å². The van der Waals surface area contributed by atoms with Crippen molar-refractivity contribution < 1.29 is 0 Å². The molecule has 1 aliphatic carbocycles. The van der Waals surface area contributed by atoms with Crippen LogP contribution in [0.1, 0.15) is 11.5 Å². The van der Waals surface area contributed by atoms with Crippen LogP contribution in [-0.4, -0.2) is 4.98 Å². The minimum atomic E-state index is 0.420. The molecule has 0 saturated carbocycles. The van der Waals surface area contributed by atoms with Gasteiger partial charge in [0, 0.05) is 18.3 Å². The van der Waals surface area contributed by atoms with Gasteiger partial charge < -0.3 is 0 Å². The normalized spacial score (nSPS) is 21.5. The van der Waals surface area contributed by atoms with E-state index >= 15 is 0 Å². The fraction of sp³-hybridized carbons (Fsp3) is 0.100. The van der Waals surface area contributed by atoms with E-state index in [4.69, 9.17) is 0 Å². The van der Waals surface area contributed by atoms with E-state index in [1.54, 1.807) is 6.20 Å². The molecule has 1 heterocycles. The van der Waals surface area contributed by atoms with E-state index in [-0.39, 0.29) is 0 Å². The van der Waals surface area contributed by atoms with Gasteiger partial charge in [-0.15, -0.1) is 0 Å². The Morgan fingerprint density at radius 3 is 2.82 bits per heavy atom. The number of hydrogen-bond donors (Lipinski definition) is 0. The molecule has 1 aromatic heterocycles. The highest BCUT2D eigenvalue weighted by Crippen LogP contribution is 2.32. The van der Waals surface area contributed by atoms with Crippen LogP contribution in [0.3, 0.4) is 0 Å². The summed E-state index contributed by atoms with van der Waals surface area (Å²) in [5.74, 6) is 0.420. The number of rotatable bonds is 1. The first-order valence-electron chi connectivity index (χ1n) is 3.65. The lowest BCUT2D eigenvalue weighted by Crippen LogP contribution is -2.04. The maximum absolute atomic E-state index is 4.05. The van der Waals surface area contributed by atoms with Crippen LogP contribution in [0.15, 0.2) is 48.8 Å². The highest BCUT2D eigenvalue weighted by molar-refractivity contribution is 5.44. The van der Waals surface area contributed by atoms with Crippen molar-refractivity contribution in [1.82, 2.24) is 4.98 Å². The molecule has 11 heavy (non-hydrogen) atoms. The summed E-state index contributed by atoms with van der Waals surface area (Å²) in [4.78, 5) is 4.05. The highest BCUT2D eigenvalue weighted by atomic mass is 14.6. The second-order valence-corrected chi connectivity index (χ2v) is 2.70. The molecular weight excluding hydrogens is 134 g/mol. The predicted octanol–water partition coefficient (Wildman–Crippen LogP) is 2.29. The summed E-state index contributed by atoms with van der Waals surface area (Å²) in [5.41, 5.74) is 2.41.